The molecule has 5 heteroatoms. The Hall–Kier alpha value is -1.59. The molecule has 1 aliphatic rings. The number of hydrogen-bond acceptors (Lipinski definition) is 4. The molecule has 0 radical (unpaired) electrons. The van der Waals surface area contributed by atoms with Crippen LogP contribution < -0.4 is 5.32 Å². The van der Waals surface area contributed by atoms with E-state index in [0.717, 1.165) is 13.0 Å². The Morgan fingerprint density at radius 2 is 2.14 bits per heavy atom. The van der Waals surface area contributed by atoms with Crippen molar-refractivity contribution >= 4 is 6.09 Å². The van der Waals surface area contributed by atoms with Crippen LogP contribution in [0.25, 0.3) is 0 Å². The van der Waals surface area contributed by atoms with Crippen LogP contribution in [-0.2, 0) is 16.0 Å². The predicted octanol–water partition coefficient (Wildman–Crippen LogP) is 2.02. The van der Waals surface area contributed by atoms with Gasteiger partial charge in [-0.05, 0) is 18.9 Å². The second-order valence-corrected chi connectivity index (χ2v) is 5.18. The van der Waals surface area contributed by atoms with E-state index in [9.17, 15) is 4.79 Å². The van der Waals surface area contributed by atoms with Crippen molar-refractivity contribution < 1.29 is 14.3 Å². The van der Waals surface area contributed by atoms with Gasteiger partial charge in [0.25, 0.3) is 0 Å². The highest BCUT2D eigenvalue weighted by Gasteiger charge is 2.31. The quantitative estimate of drug-likeness (QED) is 0.902. The molecule has 1 fully saturated rings. The Morgan fingerprint density at radius 3 is 2.81 bits per heavy atom. The molecular weight excluding hydrogens is 268 g/mol. The van der Waals surface area contributed by atoms with Crippen molar-refractivity contribution in [2.45, 2.75) is 32.0 Å². The van der Waals surface area contributed by atoms with Crippen LogP contribution in [0.15, 0.2) is 30.3 Å². The Kier molecular flexibility index (Phi) is 6.02. The van der Waals surface area contributed by atoms with E-state index in [-0.39, 0.29) is 18.2 Å². The monoisotopic (exact) mass is 292 g/mol. The van der Waals surface area contributed by atoms with Crippen molar-refractivity contribution in [1.29, 1.82) is 0 Å². The first-order chi connectivity index (χ1) is 10.2. The summed E-state index contributed by atoms with van der Waals surface area (Å²) < 4.78 is 10.6. The third kappa shape index (κ3) is 4.44. The number of benzene rings is 1. The van der Waals surface area contributed by atoms with E-state index in [1.165, 1.54) is 5.56 Å². The lowest BCUT2D eigenvalue weighted by molar-refractivity contribution is 0.00342. The van der Waals surface area contributed by atoms with E-state index in [1.54, 1.807) is 12.0 Å². The molecule has 1 heterocycles. The van der Waals surface area contributed by atoms with Crippen molar-refractivity contribution in [2.75, 3.05) is 26.8 Å². The highest BCUT2D eigenvalue weighted by atomic mass is 16.6. The summed E-state index contributed by atoms with van der Waals surface area (Å²) in [6.07, 6.45) is 0.609. The number of methoxy groups -OCH3 is 1. The zero-order valence-corrected chi connectivity index (χ0v) is 12.7. The van der Waals surface area contributed by atoms with Gasteiger partial charge in [0.1, 0.15) is 0 Å². The Bertz CT molecular complexity index is 438. The van der Waals surface area contributed by atoms with E-state index < -0.39 is 0 Å². The molecule has 0 bridgehead atoms. The Balaban J connectivity index is 1.86. The maximum absolute atomic E-state index is 11.8. The van der Waals surface area contributed by atoms with Crippen LogP contribution in [-0.4, -0.2) is 49.9 Å². The van der Waals surface area contributed by atoms with Crippen molar-refractivity contribution in [3.8, 4) is 0 Å². The molecule has 1 N–H and O–H groups in total. The average molecular weight is 292 g/mol. The molecule has 0 saturated carbocycles. The van der Waals surface area contributed by atoms with Gasteiger partial charge in [-0.1, -0.05) is 30.3 Å². The fraction of sp³-hybridized carbons (Fsp3) is 0.562. The summed E-state index contributed by atoms with van der Waals surface area (Å²) in [6.45, 7) is 4.31. The van der Waals surface area contributed by atoms with Gasteiger partial charge in [0, 0.05) is 26.2 Å². The number of nitrogens with one attached hydrogen (secondary N) is 1. The molecule has 0 spiro atoms. The van der Waals surface area contributed by atoms with Gasteiger partial charge in [0.2, 0.25) is 0 Å². The second kappa shape index (κ2) is 8.00. The largest absolute Gasteiger partial charge is 0.450 e. The number of carbonyl (C=O) groups is 1. The standard InChI is InChI=1S/C16H24N2O3/c1-3-21-16(19)18-10-9-14(15(12-18)20-2)17-11-13-7-5-4-6-8-13/h4-8,14-15,17H,3,9-12H2,1-2H3/t14-,15+/m1/s1. The molecule has 1 aromatic rings. The highest BCUT2D eigenvalue weighted by Crippen LogP contribution is 2.15. The maximum atomic E-state index is 11.8. The first-order valence-corrected chi connectivity index (χ1v) is 7.46. The number of amides is 1. The first-order valence-electron chi connectivity index (χ1n) is 7.46. The highest BCUT2D eigenvalue weighted by molar-refractivity contribution is 5.67. The third-order valence-corrected chi connectivity index (χ3v) is 3.80. The lowest BCUT2D eigenvalue weighted by Gasteiger charge is -2.37. The molecule has 1 aliphatic heterocycles. The summed E-state index contributed by atoms with van der Waals surface area (Å²) in [6, 6.07) is 10.5. The van der Waals surface area contributed by atoms with Crippen molar-refractivity contribution in [3.05, 3.63) is 35.9 Å². The molecule has 2 rings (SSSR count). The van der Waals surface area contributed by atoms with Gasteiger partial charge in [0.15, 0.2) is 0 Å². The average Bonchev–Trinajstić information content (AvgIpc) is 2.54. The molecule has 1 saturated heterocycles. The molecule has 2 atom stereocenters. The van der Waals surface area contributed by atoms with Gasteiger partial charge in [-0.25, -0.2) is 4.79 Å². The minimum absolute atomic E-state index is 0.00753. The minimum atomic E-state index is -0.249. The number of carbonyl (C=O) groups excluding carboxylic acids is 1. The van der Waals surface area contributed by atoms with Crippen LogP contribution in [0.2, 0.25) is 0 Å². The Morgan fingerprint density at radius 1 is 1.38 bits per heavy atom. The smallest absolute Gasteiger partial charge is 0.409 e. The molecule has 1 amide bonds. The van der Waals surface area contributed by atoms with E-state index in [4.69, 9.17) is 9.47 Å². The van der Waals surface area contributed by atoms with Crippen LogP contribution in [0.4, 0.5) is 4.79 Å². The van der Waals surface area contributed by atoms with Crippen LogP contribution in [0, 0.1) is 0 Å². The summed E-state index contributed by atoms with van der Waals surface area (Å²) in [5.41, 5.74) is 1.25. The zero-order chi connectivity index (χ0) is 15.1. The summed E-state index contributed by atoms with van der Waals surface area (Å²) in [4.78, 5) is 13.5. The lowest BCUT2D eigenvalue weighted by Crippen LogP contribution is -2.54. The number of rotatable bonds is 5. The predicted molar refractivity (Wildman–Crippen MR) is 81.1 cm³/mol. The van der Waals surface area contributed by atoms with E-state index in [0.29, 0.717) is 19.7 Å². The molecule has 5 nitrogen and oxygen atoms in total. The zero-order valence-electron chi connectivity index (χ0n) is 12.7. The number of piperidine rings is 1. The molecule has 116 valence electrons. The maximum Gasteiger partial charge on any atom is 0.409 e. The van der Waals surface area contributed by atoms with Gasteiger partial charge in [-0.15, -0.1) is 0 Å². The van der Waals surface area contributed by atoms with E-state index >= 15 is 0 Å². The van der Waals surface area contributed by atoms with Crippen molar-refractivity contribution in [3.63, 3.8) is 0 Å². The van der Waals surface area contributed by atoms with Crippen LogP contribution in [0.3, 0.4) is 0 Å². The molecule has 21 heavy (non-hydrogen) atoms. The van der Waals surface area contributed by atoms with Gasteiger partial charge >= 0.3 is 6.09 Å². The van der Waals surface area contributed by atoms with Gasteiger partial charge in [-0.2, -0.15) is 0 Å². The van der Waals surface area contributed by atoms with Crippen LogP contribution in [0.1, 0.15) is 18.9 Å². The molecule has 0 aliphatic carbocycles. The molecule has 1 aromatic carbocycles. The van der Waals surface area contributed by atoms with Gasteiger partial charge in [0.05, 0.1) is 19.3 Å². The van der Waals surface area contributed by atoms with Gasteiger partial charge < -0.3 is 19.7 Å². The minimum Gasteiger partial charge on any atom is -0.450 e. The number of likely N-dealkylation sites (tertiary alicyclic amines) is 1. The third-order valence-electron chi connectivity index (χ3n) is 3.80. The fourth-order valence-electron chi connectivity index (χ4n) is 2.61. The lowest BCUT2D eigenvalue weighted by atomic mass is 10.0. The van der Waals surface area contributed by atoms with Crippen molar-refractivity contribution in [2.24, 2.45) is 0 Å². The molecule has 0 unspecified atom stereocenters. The van der Waals surface area contributed by atoms with E-state index in [2.05, 4.69) is 17.4 Å². The summed E-state index contributed by atoms with van der Waals surface area (Å²) >= 11 is 0. The fourth-order valence-corrected chi connectivity index (χ4v) is 2.61. The van der Waals surface area contributed by atoms with Crippen LogP contribution >= 0.6 is 0 Å². The second-order valence-electron chi connectivity index (χ2n) is 5.18. The molecule has 0 aromatic heterocycles. The Labute approximate surface area is 126 Å². The van der Waals surface area contributed by atoms with Gasteiger partial charge in [-0.3, -0.25) is 0 Å². The summed E-state index contributed by atoms with van der Waals surface area (Å²) in [5.74, 6) is 0. The van der Waals surface area contributed by atoms with Crippen LogP contribution in [0.5, 0.6) is 0 Å². The summed E-state index contributed by atoms with van der Waals surface area (Å²) in [7, 11) is 1.69. The molecular formula is C16H24N2O3. The normalized spacial score (nSPS) is 22.1. The summed E-state index contributed by atoms with van der Waals surface area (Å²) in [5, 5.41) is 3.53. The van der Waals surface area contributed by atoms with E-state index in [1.807, 2.05) is 25.1 Å². The van der Waals surface area contributed by atoms with Crippen molar-refractivity contribution in [1.82, 2.24) is 10.2 Å². The number of nitrogens with zero attached hydrogens (tertiary/aromatic N) is 1. The SMILES string of the molecule is CCOC(=O)N1CC[C@@H](NCc2ccccc2)[C@@H](OC)C1. The number of ether oxygens (including phenoxy) is 2. The first kappa shape index (κ1) is 15.8. The number of hydrogen-bond donors (Lipinski definition) is 1. The topological polar surface area (TPSA) is 50.8 Å².